The summed E-state index contributed by atoms with van der Waals surface area (Å²) in [5, 5.41) is 3.58. The van der Waals surface area contributed by atoms with Gasteiger partial charge in [-0.25, -0.2) is 0 Å². The lowest BCUT2D eigenvalue weighted by atomic mass is 10.0. The molecule has 3 rings (SSSR count). The predicted molar refractivity (Wildman–Crippen MR) is 121 cm³/mol. The van der Waals surface area contributed by atoms with Gasteiger partial charge >= 0.3 is 0 Å². The molecule has 0 spiro atoms. The average molecular weight is 401 g/mol. The zero-order valence-electron chi connectivity index (χ0n) is 18.5. The normalized spacial score (nSPS) is 23.5. The highest BCUT2D eigenvalue weighted by molar-refractivity contribution is 5.80. The number of nitrogens with one attached hydrogen (secondary N) is 1. The summed E-state index contributed by atoms with van der Waals surface area (Å²) >= 11 is 0. The van der Waals surface area contributed by atoms with Crippen LogP contribution in [0.3, 0.4) is 0 Å². The second kappa shape index (κ2) is 12.2. The van der Waals surface area contributed by atoms with Gasteiger partial charge in [0.25, 0.3) is 0 Å². The molecule has 5 heteroatoms. The molecular weight excluding hydrogens is 360 g/mol. The number of hydrogen-bond donors (Lipinski definition) is 1. The molecule has 0 saturated carbocycles. The number of nitrogens with zero attached hydrogens (tertiary/aromatic N) is 3. The number of likely N-dealkylation sites (tertiary alicyclic amines) is 2. The number of unbranched alkanes of at least 4 members (excludes halogenated alkanes) is 1. The first-order valence-electron chi connectivity index (χ1n) is 11.5. The van der Waals surface area contributed by atoms with E-state index in [-0.39, 0.29) is 0 Å². The van der Waals surface area contributed by atoms with Gasteiger partial charge in [-0.2, -0.15) is 0 Å². The first kappa shape index (κ1) is 22.1. The lowest BCUT2D eigenvalue weighted by Crippen LogP contribution is -2.41. The van der Waals surface area contributed by atoms with E-state index >= 15 is 0 Å². The molecule has 2 unspecified atom stereocenters. The van der Waals surface area contributed by atoms with Crippen LogP contribution in [0.25, 0.3) is 0 Å². The molecule has 1 aromatic rings. The predicted octanol–water partition coefficient (Wildman–Crippen LogP) is 3.61. The van der Waals surface area contributed by atoms with Crippen molar-refractivity contribution in [1.82, 2.24) is 15.1 Å². The minimum atomic E-state index is 0.596. The van der Waals surface area contributed by atoms with Gasteiger partial charge in [-0.1, -0.05) is 37.3 Å². The lowest BCUT2D eigenvalue weighted by Gasteiger charge is -2.30. The molecule has 2 atom stereocenters. The molecule has 2 heterocycles. The Morgan fingerprint density at radius 1 is 1.14 bits per heavy atom. The summed E-state index contributed by atoms with van der Waals surface area (Å²) < 4.78 is 5.95. The van der Waals surface area contributed by atoms with Crippen molar-refractivity contribution >= 4 is 5.96 Å². The van der Waals surface area contributed by atoms with E-state index in [4.69, 9.17) is 4.74 Å². The number of rotatable bonds is 9. The standard InChI is InChI=1S/C24H40N4O/c1-21-9-8-15-27(17-21)14-7-6-13-26-24(25-2)28-16-12-23(18-28)20-29-19-22-10-4-3-5-11-22/h3-5,10-11,21,23H,6-9,12-20H2,1-2H3,(H,25,26). The minimum absolute atomic E-state index is 0.596. The average Bonchev–Trinajstić information content (AvgIpc) is 3.20. The summed E-state index contributed by atoms with van der Waals surface area (Å²) in [6, 6.07) is 10.4. The van der Waals surface area contributed by atoms with Crippen LogP contribution in [-0.4, -0.2) is 68.7 Å². The third-order valence-electron chi connectivity index (χ3n) is 6.19. The Morgan fingerprint density at radius 2 is 2.00 bits per heavy atom. The number of piperidine rings is 1. The third kappa shape index (κ3) is 7.63. The molecule has 0 bridgehead atoms. The van der Waals surface area contributed by atoms with Gasteiger partial charge in [-0.3, -0.25) is 4.99 Å². The van der Waals surface area contributed by atoms with Gasteiger partial charge in [0.05, 0.1) is 13.2 Å². The van der Waals surface area contributed by atoms with Crippen molar-refractivity contribution in [1.29, 1.82) is 0 Å². The van der Waals surface area contributed by atoms with Gasteiger partial charge in [0, 0.05) is 39.1 Å². The number of guanidine groups is 1. The Morgan fingerprint density at radius 3 is 2.79 bits per heavy atom. The maximum Gasteiger partial charge on any atom is 0.193 e. The van der Waals surface area contributed by atoms with Crippen LogP contribution in [0, 0.1) is 11.8 Å². The van der Waals surface area contributed by atoms with E-state index in [1.165, 1.54) is 57.3 Å². The summed E-state index contributed by atoms with van der Waals surface area (Å²) in [6.07, 6.45) is 6.44. The van der Waals surface area contributed by atoms with Crippen LogP contribution in [0.4, 0.5) is 0 Å². The minimum Gasteiger partial charge on any atom is -0.376 e. The highest BCUT2D eigenvalue weighted by Crippen LogP contribution is 2.18. The van der Waals surface area contributed by atoms with Crippen molar-refractivity contribution in [3.05, 3.63) is 35.9 Å². The van der Waals surface area contributed by atoms with E-state index in [2.05, 4.69) is 51.3 Å². The van der Waals surface area contributed by atoms with Crippen molar-refractivity contribution in [3.63, 3.8) is 0 Å². The van der Waals surface area contributed by atoms with Crippen molar-refractivity contribution in [2.24, 2.45) is 16.8 Å². The van der Waals surface area contributed by atoms with Crippen molar-refractivity contribution in [2.45, 2.75) is 45.6 Å². The van der Waals surface area contributed by atoms with Crippen LogP contribution in [0.2, 0.25) is 0 Å². The second-order valence-corrected chi connectivity index (χ2v) is 8.83. The maximum atomic E-state index is 5.95. The quantitative estimate of drug-likeness (QED) is 0.390. The van der Waals surface area contributed by atoms with Gasteiger partial charge in [-0.05, 0) is 56.7 Å². The van der Waals surface area contributed by atoms with E-state index in [0.29, 0.717) is 12.5 Å². The molecule has 2 fully saturated rings. The Labute approximate surface area is 177 Å². The highest BCUT2D eigenvalue weighted by atomic mass is 16.5. The van der Waals surface area contributed by atoms with Gasteiger partial charge < -0.3 is 19.9 Å². The second-order valence-electron chi connectivity index (χ2n) is 8.83. The number of ether oxygens (including phenoxy) is 1. The van der Waals surface area contributed by atoms with Crippen molar-refractivity contribution in [3.8, 4) is 0 Å². The van der Waals surface area contributed by atoms with E-state index in [1.54, 1.807) is 0 Å². The molecule has 2 aliphatic rings. The fourth-order valence-electron chi connectivity index (χ4n) is 4.56. The largest absolute Gasteiger partial charge is 0.376 e. The Hall–Kier alpha value is -1.59. The number of aliphatic imine (C=N–C) groups is 1. The molecular formula is C24H40N4O. The zero-order valence-corrected chi connectivity index (χ0v) is 18.5. The molecule has 5 nitrogen and oxygen atoms in total. The SMILES string of the molecule is CN=C(NCCCCN1CCCC(C)C1)N1CCC(COCc2ccccc2)C1. The number of benzene rings is 1. The first-order chi connectivity index (χ1) is 14.2. The van der Waals surface area contributed by atoms with E-state index in [1.807, 2.05) is 13.1 Å². The van der Waals surface area contributed by atoms with E-state index in [0.717, 1.165) is 38.1 Å². The molecule has 1 N–H and O–H groups in total. The third-order valence-corrected chi connectivity index (χ3v) is 6.19. The van der Waals surface area contributed by atoms with Gasteiger partial charge in [0.15, 0.2) is 5.96 Å². The van der Waals surface area contributed by atoms with Gasteiger partial charge in [0.1, 0.15) is 0 Å². The number of hydrogen-bond acceptors (Lipinski definition) is 3. The first-order valence-corrected chi connectivity index (χ1v) is 11.5. The van der Waals surface area contributed by atoms with Crippen LogP contribution in [0.1, 0.15) is 44.6 Å². The van der Waals surface area contributed by atoms with Crippen molar-refractivity contribution < 1.29 is 4.74 Å². The molecule has 0 radical (unpaired) electrons. The van der Waals surface area contributed by atoms with Crippen LogP contribution in [0.5, 0.6) is 0 Å². The lowest BCUT2D eigenvalue weighted by molar-refractivity contribution is 0.0907. The zero-order chi connectivity index (χ0) is 20.3. The molecule has 29 heavy (non-hydrogen) atoms. The topological polar surface area (TPSA) is 40.1 Å². The summed E-state index contributed by atoms with van der Waals surface area (Å²) in [5.41, 5.74) is 1.25. The van der Waals surface area contributed by atoms with Crippen LogP contribution < -0.4 is 5.32 Å². The van der Waals surface area contributed by atoms with Gasteiger partial charge in [-0.15, -0.1) is 0 Å². The molecule has 0 aromatic heterocycles. The molecule has 0 amide bonds. The Bertz CT molecular complexity index is 606. The molecule has 1 aromatic carbocycles. The molecule has 0 aliphatic carbocycles. The fraction of sp³-hybridized carbons (Fsp3) is 0.708. The summed E-state index contributed by atoms with van der Waals surface area (Å²) in [4.78, 5) is 9.54. The highest BCUT2D eigenvalue weighted by Gasteiger charge is 2.25. The van der Waals surface area contributed by atoms with E-state index in [9.17, 15) is 0 Å². The summed E-state index contributed by atoms with van der Waals surface area (Å²) in [6.45, 7) is 10.9. The smallest absolute Gasteiger partial charge is 0.193 e. The maximum absolute atomic E-state index is 5.95. The van der Waals surface area contributed by atoms with Crippen LogP contribution in [-0.2, 0) is 11.3 Å². The van der Waals surface area contributed by atoms with Crippen LogP contribution in [0.15, 0.2) is 35.3 Å². The van der Waals surface area contributed by atoms with Crippen molar-refractivity contribution in [2.75, 3.05) is 52.9 Å². The molecule has 2 saturated heterocycles. The summed E-state index contributed by atoms with van der Waals surface area (Å²) in [5.74, 6) is 2.53. The molecule has 162 valence electrons. The monoisotopic (exact) mass is 400 g/mol. The van der Waals surface area contributed by atoms with Gasteiger partial charge in [0.2, 0.25) is 0 Å². The van der Waals surface area contributed by atoms with Crippen LogP contribution >= 0.6 is 0 Å². The summed E-state index contributed by atoms with van der Waals surface area (Å²) in [7, 11) is 1.90. The fourth-order valence-corrected chi connectivity index (χ4v) is 4.56. The molecule has 2 aliphatic heterocycles. The van der Waals surface area contributed by atoms with E-state index < -0.39 is 0 Å². The Kier molecular flexibility index (Phi) is 9.29. The Balaban J connectivity index is 1.27.